The summed E-state index contributed by atoms with van der Waals surface area (Å²) in [4.78, 5) is 13.3. The highest BCUT2D eigenvalue weighted by Gasteiger charge is 2.28. The van der Waals surface area contributed by atoms with Crippen LogP contribution in [0.15, 0.2) is 71.1 Å². The quantitative estimate of drug-likeness (QED) is 0.496. The zero-order chi connectivity index (χ0) is 17.9. The average Bonchev–Trinajstić information content (AvgIpc) is 3.31. The molecule has 0 saturated carbocycles. The van der Waals surface area contributed by atoms with Crippen LogP contribution in [0.25, 0.3) is 11.1 Å². The number of fused-ring (bicyclic) bond motifs is 3. The molecule has 2 aromatic carbocycles. The summed E-state index contributed by atoms with van der Waals surface area (Å²) >= 11 is 3.26. The smallest absolute Gasteiger partial charge is 0.250 e. The molecule has 0 aliphatic heterocycles. The van der Waals surface area contributed by atoms with Crippen molar-refractivity contribution in [3.63, 3.8) is 0 Å². The lowest BCUT2D eigenvalue weighted by molar-refractivity contribution is -0.118. The molecule has 0 radical (unpaired) electrons. The standard InChI is InChI=1S/C21H18N2OS2/c1-14(19-11-6-12-25-19)22-23-20(24)13-26-21-17-9-4-2-7-15(17)16-8-3-5-10-18(16)21/h2-12,21H,13H2,1H3,(H,23,24)/b22-14-. The molecule has 3 aromatic rings. The van der Waals surface area contributed by atoms with Gasteiger partial charge in [0.1, 0.15) is 0 Å². The van der Waals surface area contributed by atoms with Crippen molar-refractivity contribution < 1.29 is 4.79 Å². The fourth-order valence-electron chi connectivity index (χ4n) is 3.17. The first kappa shape index (κ1) is 17.1. The van der Waals surface area contributed by atoms with Gasteiger partial charge in [-0.2, -0.15) is 5.10 Å². The number of hydrogen-bond acceptors (Lipinski definition) is 4. The predicted octanol–water partition coefficient (Wildman–Crippen LogP) is 5.09. The van der Waals surface area contributed by atoms with Crippen LogP contribution in [0, 0.1) is 0 Å². The van der Waals surface area contributed by atoms with Crippen molar-refractivity contribution >= 4 is 34.7 Å². The monoisotopic (exact) mass is 378 g/mol. The van der Waals surface area contributed by atoms with Crippen LogP contribution < -0.4 is 5.43 Å². The molecule has 0 saturated heterocycles. The van der Waals surface area contributed by atoms with Crippen LogP contribution in [0.4, 0.5) is 0 Å². The third kappa shape index (κ3) is 3.32. The Kier molecular flexibility index (Phi) is 4.91. The summed E-state index contributed by atoms with van der Waals surface area (Å²) in [5.74, 6) is 0.293. The number of thiophene rings is 1. The number of hydrogen-bond donors (Lipinski definition) is 1. The fraction of sp³-hybridized carbons (Fsp3) is 0.143. The second-order valence-electron chi connectivity index (χ2n) is 6.08. The Morgan fingerprint density at radius 3 is 2.31 bits per heavy atom. The highest BCUT2D eigenvalue weighted by Crippen LogP contribution is 2.49. The first-order chi connectivity index (χ1) is 12.7. The van der Waals surface area contributed by atoms with Crippen molar-refractivity contribution in [2.45, 2.75) is 12.2 Å². The van der Waals surface area contributed by atoms with E-state index in [1.54, 1.807) is 23.1 Å². The molecular formula is C21H18N2OS2. The maximum atomic E-state index is 12.3. The Hall–Kier alpha value is -2.37. The van der Waals surface area contributed by atoms with E-state index in [9.17, 15) is 4.79 Å². The number of carbonyl (C=O) groups is 1. The minimum atomic E-state index is -0.0761. The van der Waals surface area contributed by atoms with Gasteiger partial charge in [0.15, 0.2) is 0 Å². The van der Waals surface area contributed by atoms with Gasteiger partial charge in [-0.25, -0.2) is 5.43 Å². The van der Waals surface area contributed by atoms with Crippen LogP contribution in [0.1, 0.15) is 28.2 Å². The molecule has 1 amide bonds. The normalized spacial score (nSPS) is 13.3. The first-order valence-electron chi connectivity index (χ1n) is 8.41. The fourth-order valence-corrected chi connectivity index (χ4v) is 5.00. The van der Waals surface area contributed by atoms with Gasteiger partial charge in [-0.15, -0.1) is 23.1 Å². The molecule has 0 bridgehead atoms. The largest absolute Gasteiger partial charge is 0.272 e. The lowest BCUT2D eigenvalue weighted by Crippen LogP contribution is -2.21. The van der Waals surface area contributed by atoms with E-state index in [2.05, 4.69) is 59.1 Å². The van der Waals surface area contributed by atoms with Gasteiger partial charge in [0.05, 0.1) is 16.7 Å². The van der Waals surface area contributed by atoms with Crippen molar-refractivity contribution in [1.82, 2.24) is 5.43 Å². The Labute approximate surface area is 161 Å². The molecular weight excluding hydrogens is 360 g/mol. The number of benzene rings is 2. The van der Waals surface area contributed by atoms with Gasteiger partial charge in [-0.1, -0.05) is 54.6 Å². The van der Waals surface area contributed by atoms with E-state index in [1.807, 2.05) is 24.4 Å². The molecule has 1 heterocycles. The average molecular weight is 379 g/mol. The van der Waals surface area contributed by atoms with E-state index in [4.69, 9.17) is 0 Å². The van der Waals surface area contributed by atoms with Crippen LogP contribution in [0.5, 0.6) is 0 Å². The van der Waals surface area contributed by atoms with Crippen LogP contribution in [-0.2, 0) is 4.79 Å². The molecule has 5 heteroatoms. The highest BCUT2D eigenvalue weighted by molar-refractivity contribution is 8.00. The van der Waals surface area contributed by atoms with E-state index >= 15 is 0 Å². The molecule has 130 valence electrons. The van der Waals surface area contributed by atoms with E-state index in [0.717, 1.165) is 10.6 Å². The third-order valence-corrected chi connectivity index (χ3v) is 6.63. The minimum Gasteiger partial charge on any atom is -0.272 e. The van der Waals surface area contributed by atoms with Gasteiger partial charge in [-0.05, 0) is 40.6 Å². The topological polar surface area (TPSA) is 41.5 Å². The summed E-state index contributed by atoms with van der Waals surface area (Å²) < 4.78 is 0. The zero-order valence-corrected chi connectivity index (χ0v) is 15.9. The Morgan fingerprint density at radius 2 is 1.69 bits per heavy atom. The molecule has 1 aliphatic carbocycles. The SMILES string of the molecule is C/C(=N/NC(=O)CSC1c2ccccc2-c2ccccc21)c1cccs1. The maximum absolute atomic E-state index is 12.3. The van der Waals surface area contributed by atoms with E-state index in [0.29, 0.717) is 5.75 Å². The van der Waals surface area contributed by atoms with Crippen molar-refractivity contribution in [3.05, 3.63) is 82.0 Å². The Balaban J connectivity index is 1.45. The van der Waals surface area contributed by atoms with Crippen LogP contribution in [0.3, 0.4) is 0 Å². The molecule has 3 nitrogen and oxygen atoms in total. The number of nitrogens with zero attached hydrogens (tertiary/aromatic N) is 1. The molecule has 0 fully saturated rings. The molecule has 1 N–H and O–H groups in total. The predicted molar refractivity (Wildman–Crippen MR) is 111 cm³/mol. The Bertz CT molecular complexity index is 918. The van der Waals surface area contributed by atoms with Gasteiger partial charge in [0, 0.05) is 4.88 Å². The van der Waals surface area contributed by atoms with E-state index in [-0.39, 0.29) is 11.2 Å². The lowest BCUT2D eigenvalue weighted by atomic mass is 10.1. The number of carbonyl (C=O) groups excluding carboxylic acids is 1. The van der Waals surface area contributed by atoms with Crippen molar-refractivity contribution in [2.24, 2.45) is 5.10 Å². The Morgan fingerprint density at radius 1 is 1.04 bits per heavy atom. The summed E-state index contributed by atoms with van der Waals surface area (Å²) in [6.07, 6.45) is 0. The number of rotatable bonds is 5. The van der Waals surface area contributed by atoms with Crippen molar-refractivity contribution in [3.8, 4) is 11.1 Å². The number of nitrogens with one attached hydrogen (secondary N) is 1. The van der Waals surface area contributed by atoms with Crippen molar-refractivity contribution in [2.75, 3.05) is 5.75 Å². The highest BCUT2D eigenvalue weighted by atomic mass is 32.2. The van der Waals surface area contributed by atoms with E-state index in [1.165, 1.54) is 22.3 Å². The summed E-state index contributed by atoms with van der Waals surface area (Å²) in [5, 5.41) is 6.41. The summed E-state index contributed by atoms with van der Waals surface area (Å²) in [5.41, 5.74) is 8.61. The first-order valence-corrected chi connectivity index (χ1v) is 10.3. The van der Waals surface area contributed by atoms with Crippen LogP contribution in [-0.4, -0.2) is 17.4 Å². The molecule has 0 unspecified atom stereocenters. The minimum absolute atomic E-state index is 0.0761. The van der Waals surface area contributed by atoms with Crippen LogP contribution >= 0.6 is 23.1 Å². The number of amides is 1. The summed E-state index contributed by atoms with van der Waals surface area (Å²) in [6.45, 7) is 1.91. The van der Waals surface area contributed by atoms with Crippen molar-refractivity contribution in [1.29, 1.82) is 0 Å². The number of hydrazone groups is 1. The van der Waals surface area contributed by atoms with Gasteiger partial charge >= 0.3 is 0 Å². The summed E-state index contributed by atoms with van der Waals surface area (Å²) in [7, 11) is 0. The van der Waals surface area contributed by atoms with Gasteiger partial charge in [0.2, 0.25) is 5.91 Å². The molecule has 4 rings (SSSR count). The number of thioether (sulfide) groups is 1. The zero-order valence-electron chi connectivity index (χ0n) is 14.3. The molecule has 1 aliphatic rings. The molecule has 26 heavy (non-hydrogen) atoms. The molecule has 1 aromatic heterocycles. The summed E-state index contributed by atoms with van der Waals surface area (Å²) in [6, 6.07) is 20.9. The lowest BCUT2D eigenvalue weighted by Gasteiger charge is -2.12. The second-order valence-corrected chi connectivity index (χ2v) is 8.12. The molecule has 0 spiro atoms. The second kappa shape index (κ2) is 7.48. The van der Waals surface area contributed by atoms with Gasteiger partial charge in [-0.3, -0.25) is 4.79 Å². The van der Waals surface area contributed by atoms with Gasteiger partial charge in [0.25, 0.3) is 0 Å². The van der Waals surface area contributed by atoms with Crippen LogP contribution in [0.2, 0.25) is 0 Å². The van der Waals surface area contributed by atoms with E-state index < -0.39 is 0 Å². The maximum Gasteiger partial charge on any atom is 0.250 e. The molecule has 0 atom stereocenters. The van der Waals surface area contributed by atoms with Gasteiger partial charge < -0.3 is 0 Å². The third-order valence-electron chi connectivity index (χ3n) is 4.38.